The second-order valence-electron chi connectivity index (χ2n) is 20.9. The molecule has 0 spiro atoms. The molecule has 0 amide bonds. The molecule has 0 aliphatic carbocycles. The van der Waals surface area contributed by atoms with Crippen LogP contribution < -0.4 is 14.9 Å². The van der Waals surface area contributed by atoms with Gasteiger partial charge in [0.25, 0.3) is 0 Å². The van der Waals surface area contributed by atoms with E-state index in [2.05, 4.69) is 0 Å². The van der Waals surface area contributed by atoms with E-state index in [-0.39, 0.29) is 5.56 Å². The van der Waals surface area contributed by atoms with Crippen molar-refractivity contribution in [1.29, 1.82) is 0 Å². The standard InChI is InChI=1S/C53H64O33/c1-15-31(62)37(68)42(73)50(77-15)81-28-14-76-49(41(72)35(28)66)83-45-23(59)8-18(9-24(45)60)44-46(36(67)30-22(58)10-19(55)11-25(30)79-44)84-52-47(39(70)32(63)16(2)78-52)86-53-48(85-51-43(74)38(69)33(64)26(12-54)80-51)40(71)34(65)27(82-53)13-75-29(61)6-4-17-3-5-20(56)21(57)7-17/h3-11,15-16,26-28,31-35,37-43,47-60,62-66,68-74H,12-14H2,1-2H3/b6-4+/t15-,16-,26+,27+,28+,31-,32-,33+,34+,35-,37+,38-,39-,40-,41+,42+,43+,47+,48+,49-,50-,51-,52-,53-/m0/s1. The second-order valence-corrected chi connectivity index (χ2v) is 20.9. The number of hydrogen-bond donors (Lipinski definition) is 19. The Labute approximate surface area is 483 Å². The summed E-state index contributed by atoms with van der Waals surface area (Å²) in [6.45, 7) is 0.137. The normalized spacial score (nSPS) is 37.8. The molecule has 5 fully saturated rings. The van der Waals surface area contributed by atoms with Crippen LogP contribution in [0.5, 0.6) is 46.0 Å². The second kappa shape index (κ2) is 26.1. The number of aromatic hydroxyl groups is 6. The number of fused-ring (bicyclic) bond motifs is 1. The molecule has 33 heteroatoms. The predicted molar refractivity (Wildman–Crippen MR) is 275 cm³/mol. The molecule has 5 aliphatic heterocycles. The van der Waals surface area contributed by atoms with Crippen molar-refractivity contribution < 1.29 is 158 Å². The summed E-state index contributed by atoms with van der Waals surface area (Å²) in [6.07, 6.45) is -43.2. The number of hydrogen-bond acceptors (Lipinski definition) is 33. The Morgan fingerprint density at radius 3 is 1.77 bits per heavy atom. The van der Waals surface area contributed by atoms with Crippen molar-refractivity contribution in [3.8, 4) is 57.3 Å². The van der Waals surface area contributed by atoms with Crippen LogP contribution in [0, 0.1) is 0 Å². The molecule has 0 unspecified atom stereocenters. The molecule has 474 valence electrons. The monoisotopic (exact) mass is 1230 g/mol. The van der Waals surface area contributed by atoms with Gasteiger partial charge >= 0.3 is 5.97 Å². The Kier molecular flexibility index (Phi) is 19.5. The van der Waals surface area contributed by atoms with Crippen molar-refractivity contribution in [1.82, 2.24) is 0 Å². The average Bonchev–Trinajstić information content (AvgIpc) is 1.01. The third-order valence-electron chi connectivity index (χ3n) is 14.9. The number of phenols is 6. The number of carbonyl (C=O) groups is 1. The van der Waals surface area contributed by atoms with Gasteiger partial charge in [0.05, 0.1) is 25.4 Å². The molecule has 24 atom stereocenters. The molecule has 4 aromatic rings. The molecule has 6 heterocycles. The van der Waals surface area contributed by atoms with Gasteiger partial charge in [-0.3, -0.25) is 4.79 Å². The molecule has 33 nitrogen and oxygen atoms in total. The van der Waals surface area contributed by atoms with E-state index in [1.54, 1.807) is 0 Å². The summed E-state index contributed by atoms with van der Waals surface area (Å²) in [4.78, 5) is 27.6. The van der Waals surface area contributed by atoms with Gasteiger partial charge in [-0.1, -0.05) is 6.07 Å². The number of phenolic OH excluding ortho intramolecular Hbond substituents is 6. The maximum absolute atomic E-state index is 14.7. The van der Waals surface area contributed by atoms with Crippen LogP contribution in [0.25, 0.3) is 28.4 Å². The van der Waals surface area contributed by atoms with Crippen LogP contribution in [0.2, 0.25) is 0 Å². The maximum Gasteiger partial charge on any atom is 0.330 e. The summed E-state index contributed by atoms with van der Waals surface area (Å²) < 4.78 is 68.8. The van der Waals surface area contributed by atoms with Gasteiger partial charge in [-0.2, -0.15) is 0 Å². The lowest BCUT2D eigenvalue weighted by molar-refractivity contribution is -0.388. The van der Waals surface area contributed by atoms with Crippen molar-refractivity contribution >= 4 is 23.0 Å². The smallest absolute Gasteiger partial charge is 0.330 e. The first-order valence-electron chi connectivity index (χ1n) is 26.4. The van der Waals surface area contributed by atoms with Crippen LogP contribution in [0.3, 0.4) is 0 Å². The fraction of sp³-hybridized carbons (Fsp3) is 0.547. The predicted octanol–water partition coefficient (Wildman–Crippen LogP) is -5.52. The minimum absolute atomic E-state index is 0.224. The lowest BCUT2D eigenvalue weighted by Crippen LogP contribution is -2.67. The van der Waals surface area contributed by atoms with Gasteiger partial charge in [0.15, 0.2) is 53.7 Å². The molecule has 3 aromatic carbocycles. The summed E-state index contributed by atoms with van der Waals surface area (Å²) in [7, 11) is 0. The van der Waals surface area contributed by atoms with E-state index in [4.69, 9.17) is 56.5 Å². The van der Waals surface area contributed by atoms with Gasteiger partial charge in [0.2, 0.25) is 29.5 Å². The van der Waals surface area contributed by atoms with Crippen molar-refractivity contribution in [2.24, 2.45) is 0 Å². The topological polar surface area (TPSA) is 533 Å². The fourth-order valence-corrected chi connectivity index (χ4v) is 9.99. The Hall–Kier alpha value is -6.36. The van der Waals surface area contributed by atoms with Crippen LogP contribution in [-0.4, -0.2) is 270 Å². The summed E-state index contributed by atoms with van der Waals surface area (Å²) >= 11 is 0. The highest BCUT2D eigenvalue weighted by molar-refractivity contribution is 5.89. The highest BCUT2D eigenvalue weighted by Crippen LogP contribution is 2.46. The summed E-state index contributed by atoms with van der Waals surface area (Å²) in [5, 5.41) is 204. The first-order chi connectivity index (χ1) is 40.7. The number of carbonyl (C=O) groups excluding carboxylic acids is 1. The number of benzene rings is 3. The van der Waals surface area contributed by atoms with E-state index in [0.29, 0.717) is 0 Å². The van der Waals surface area contributed by atoms with Gasteiger partial charge in [0.1, 0.15) is 127 Å². The van der Waals surface area contributed by atoms with Gasteiger partial charge < -0.3 is 154 Å². The maximum atomic E-state index is 14.7. The van der Waals surface area contributed by atoms with Crippen LogP contribution in [0.1, 0.15) is 19.4 Å². The summed E-state index contributed by atoms with van der Waals surface area (Å²) in [6, 6.07) is 6.81. The number of ether oxygens (including phenoxy) is 11. The van der Waals surface area contributed by atoms with E-state index >= 15 is 0 Å². The van der Waals surface area contributed by atoms with Crippen molar-refractivity contribution in [3.05, 3.63) is 64.3 Å². The molecule has 19 N–H and O–H groups in total. The molecule has 0 saturated carbocycles. The quantitative estimate of drug-likeness (QED) is 0.0283. The number of aliphatic hydroxyl groups excluding tert-OH is 13. The zero-order chi connectivity index (χ0) is 62.5. The minimum atomic E-state index is -2.26. The Morgan fingerprint density at radius 2 is 1.10 bits per heavy atom. The van der Waals surface area contributed by atoms with E-state index in [1.165, 1.54) is 26.0 Å². The lowest BCUT2D eigenvalue weighted by Gasteiger charge is -2.48. The van der Waals surface area contributed by atoms with Crippen molar-refractivity contribution in [2.45, 2.75) is 161 Å². The van der Waals surface area contributed by atoms with E-state index in [0.717, 1.165) is 42.5 Å². The molecule has 0 radical (unpaired) electrons. The molecule has 0 bridgehead atoms. The van der Waals surface area contributed by atoms with Crippen LogP contribution >= 0.6 is 0 Å². The Balaban J connectivity index is 1.02. The van der Waals surface area contributed by atoms with E-state index in [1.807, 2.05) is 0 Å². The van der Waals surface area contributed by atoms with E-state index < -0.39 is 247 Å². The fourth-order valence-electron chi connectivity index (χ4n) is 9.99. The van der Waals surface area contributed by atoms with Crippen molar-refractivity contribution in [2.75, 3.05) is 19.8 Å². The Bertz CT molecular complexity index is 3100. The van der Waals surface area contributed by atoms with Crippen LogP contribution in [0.15, 0.2) is 57.8 Å². The Morgan fingerprint density at radius 1 is 0.547 bits per heavy atom. The first-order valence-corrected chi connectivity index (χ1v) is 26.4. The van der Waals surface area contributed by atoms with Crippen molar-refractivity contribution in [3.63, 3.8) is 0 Å². The van der Waals surface area contributed by atoms with Gasteiger partial charge in [-0.15, -0.1) is 0 Å². The highest BCUT2D eigenvalue weighted by Gasteiger charge is 2.55. The van der Waals surface area contributed by atoms with Gasteiger partial charge in [-0.05, 0) is 49.8 Å². The SMILES string of the molecule is C[C@@H]1O[C@@H](O[C@@H]2CO[C@@H](Oc3c(O)cc(-c4oc5cc(O)cc(O)c5c(=O)c4O[C@@H]4O[C@@H](C)[C@H](O)[C@H](O)[C@H]4O[C@@H]4O[C@H](COC(=O)/C=C/c5ccc(O)c(O)c5)[C@@H](O)[C@H](O)[C@H]4O[C@@H]4O[C@H](CO)[C@@H](O)[C@H](O)[C@H]4O)cc3O)[C@H](O)[C@H]2O)[C@H](O)[C@H](O)[C@H]1O. The number of aliphatic hydroxyl groups is 13. The summed E-state index contributed by atoms with van der Waals surface area (Å²) in [5.74, 6) is -8.17. The number of esters is 1. The van der Waals surface area contributed by atoms with Gasteiger partial charge in [-0.25, -0.2) is 4.79 Å². The van der Waals surface area contributed by atoms with Gasteiger partial charge in [0, 0.05) is 23.8 Å². The molecular weight excluding hydrogens is 1160 g/mol. The zero-order valence-electron chi connectivity index (χ0n) is 44.9. The largest absolute Gasteiger partial charge is 0.508 e. The highest BCUT2D eigenvalue weighted by atomic mass is 16.8. The lowest BCUT2D eigenvalue weighted by atomic mass is 9.96. The molecule has 5 saturated heterocycles. The molecule has 5 aliphatic rings. The van der Waals surface area contributed by atoms with Crippen LogP contribution in [0.4, 0.5) is 0 Å². The number of rotatable bonds is 16. The third kappa shape index (κ3) is 13.0. The molecule has 1 aromatic heterocycles. The van der Waals surface area contributed by atoms with E-state index in [9.17, 15) is 107 Å². The molecule has 86 heavy (non-hydrogen) atoms. The third-order valence-corrected chi connectivity index (χ3v) is 14.9. The molecular formula is C53H64O33. The molecule has 9 rings (SSSR count). The summed E-state index contributed by atoms with van der Waals surface area (Å²) in [5.41, 5.74) is -2.10. The van der Waals surface area contributed by atoms with Crippen LogP contribution in [-0.2, 0) is 47.4 Å². The minimum Gasteiger partial charge on any atom is -0.508 e. The average molecular weight is 1230 g/mol. The zero-order valence-corrected chi connectivity index (χ0v) is 44.9. The first kappa shape index (κ1) is 64.1.